The third kappa shape index (κ3) is 5.05. The summed E-state index contributed by atoms with van der Waals surface area (Å²) in [6.07, 6.45) is 2.94. The van der Waals surface area contributed by atoms with Gasteiger partial charge in [-0.25, -0.2) is 4.98 Å². The Morgan fingerprint density at radius 1 is 1.48 bits per heavy atom. The highest BCUT2D eigenvalue weighted by molar-refractivity contribution is 7.09. The van der Waals surface area contributed by atoms with E-state index >= 15 is 0 Å². The molecule has 0 spiro atoms. The van der Waals surface area contributed by atoms with Gasteiger partial charge in [0.2, 0.25) is 5.91 Å². The molecule has 0 saturated carbocycles. The predicted octanol–water partition coefficient (Wildman–Crippen LogP) is 1.21. The predicted molar refractivity (Wildman–Crippen MR) is 86.4 cm³/mol. The zero-order valence-electron chi connectivity index (χ0n) is 13.3. The van der Waals surface area contributed by atoms with Gasteiger partial charge in [0.05, 0.1) is 12.1 Å². The third-order valence-corrected chi connectivity index (χ3v) is 4.88. The Kier molecular flexibility index (Phi) is 6.14. The number of carbonyl (C=O) groups is 1. The van der Waals surface area contributed by atoms with Crippen molar-refractivity contribution in [2.45, 2.75) is 25.8 Å². The van der Waals surface area contributed by atoms with Crippen LogP contribution in [0.15, 0.2) is 5.38 Å². The van der Waals surface area contributed by atoms with Crippen molar-refractivity contribution in [1.82, 2.24) is 20.1 Å². The van der Waals surface area contributed by atoms with E-state index in [1.165, 1.54) is 12.8 Å². The molecule has 1 amide bonds. The molecule has 0 unspecified atom stereocenters. The van der Waals surface area contributed by atoms with Gasteiger partial charge in [-0.15, -0.1) is 11.3 Å². The van der Waals surface area contributed by atoms with E-state index in [2.05, 4.69) is 20.6 Å². The van der Waals surface area contributed by atoms with Crippen LogP contribution >= 0.6 is 11.3 Å². The largest absolute Gasteiger partial charge is 0.348 e. The van der Waals surface area contributed by atoms with E-state index in [1.807, 2.05) is 7.05 Å². The lowest BCUT2D eigenvalue weighted by atomic mass is 9.97. The molecule has 0 radical (unpaired) electrons. The van der Waals surface area contributed by atoms with E-state index in [-0.39, 0.29) is 5.91 Å². The molecule has 0 aliphatic carbocycles. The monoisotopic (exact) mass is 310 g/mol. The molecule has 21 heavy (non-hydrogen) atoms. The Labute approximate surface area is 131 Å². The summed E-state index contributed by atoms with van der Waals surface area (Å²) in [5, 5.41) is 6.29. The Balaban J connectivity index is 1.79. The van der Waals surface area contributed by atoms with Crippen LogP contribution in [0.5, 0.6) is 0 Å². The molecule has 1 fully saturated rings. The van der Waals surface area contributed by atoms with E-state index in [9.17, 15) is 4.79 Å². The van der Waals surface area contributed by atoms with Crippen molar-refractivity contribution in [1.29, 1.82) is 0 Å². The summed E-state index contributed by atoms with van der Waals surface area (Å²) in [6, 6.07) is 0. The molecule has 1 aliphatic heterocycles. The number of rotatable bonds is 6. The second-order valence-corrected chi connectivity index (χ2v) is 6.92. The molecule has 2 rings (SSSR count). The molecule has 1 aromatic heterocycles. The van der Waals surface area contributed by atoms with Crippen molar-refractivity contribution >= 4 is 17.2 Å². The van der Waals surface area contributed by atoms with E-state index < -0.39 is 0 Å². The number of thiazole rings is 1. The zero-order chi connectivity index (χ0) is 15.2. The number of likely N-dealkylation sites (tertiary alicyclic amines) is 1. The molecule has 0 aromatic carbocycles. The number of carbonyl (C=O) groups excluding carboxylic acids is 1. The van der Waals surface area contributed by atoms with Crippen LogP contribution in [0.3, 0.4) is 0 Å². The average molecular weight is 310 g/mol. The van der Waals surface area contributed by atoms with Crippen LogP contribution in [0.1, 0.15) is 23.5 Å². The van der Waals surface area contributed by atoms with Crippen LogP contribution in [-0.4, -0.2) is 61.5 Å². The second-order valence-electron chi connectivity index (χ2n) is 5.97. The maximum Gasteiger partial charge on any atom is 0.228 e. The summed E-state index contributed by atoms with van der Waals surface area (Å²) < 4.78 is 0. The van der Waals surface area contributed by atoms with Gasteiger partial charge in [0.1, 0.15) is 5.01 Å². The number of amides is 1. The van der Waals surface area contributed by atoms with Crippen LogP contribution < -0.4 is 5.32 Å². The van der Waals surface area contributed by atoms with Gasteiger partial charge in [0.25, 0.3) is 0 Å². The van der Waals surface area contributed by atoms with Crippen molar-refractivity contribution in [3.63, 3.8) is 0 Å². The lowest BCUT2D eigenvalue weighted by molar-refractivity contribution is -0.127. The number of hydrogen-bond acceptors (Lipinski definition) is 5. The summed E-state index contributed by atoms with van der Waals surface area (Å²) in [4.78, 5) is 20.4. The van der Waals surface area contributed by atoms with Crippen LogP contribution in [0, 0.1) is 5.92 Å². The quantitative estimate of drug-likeness (QED) is 0.858. The van der Waals surface area contributed by atoms with E-state index in [4.69, 9.17) is 0 Å². The number of hydrogen-bond donors (Lipinski definition) is 1. The first-order valence-corrected chi connectivity index (χ1v) is 8.47. The van der Waals surface area contributed by atoms with Crippen LogP contribution in [0.4, 0.5) is 0 Å². The van der Waals surface area contributed by atoms with Crippen molar-refractivity contribution in [3.05, 3.63) is 16.1 Å². The Hall–Kier alpha value is -0.980. The van der Waals surface area contributed by atoms with Gasteiger partial charge >= 0.3 is 0 Å². The fourth-order valence-electron chi connectivity index (χ4n) is 2.66. The highest BCUT2D eigenvalue weighted by Crippen LogP contribution is 2.19. The molecule has 0 atom stereocenters. The van der Waals surface area contributed by atoms with Gasteiger partial charge in [0, 0.05) is 26.0 Å². The Morgan fingerprint density at radius 2 is 2.19 bits per heavy atom. The number of aromatic nitrogens is 1. The van der Waals surface area contributed by atoms with Crippen molar-refractivity contribution in [2.24, 2.45) is 5.92 Å². The maximum absolute atomic E-state index is 11.7. The lowest BCUT2D eigenvalue weighted by Gasteiger charge is -2.31. The average Bonchev–Trinajstić information content (AvgIpc) is 2.88. The van der Waals surface area contributed by atoms with Gasteiger partial charge in [-0.05, 0) is 45.4 Å². The maximum atomic E-state index is 11.7. The second kappa shape index (κ2) is 7.87. The fraction of sp³-hybridized carbons (Fsp3) is 0.733. The van der Waals surface area contributed by atoms with Gasteiger partial charge in [-0.2, -0.15) is 0 Å². The van der Waals surface area contributed by atoms with Gasteiger partial charge in [-0.3, -0.25) is 9.69 Å². The summed E-state index contributed by atoms with van der Waals surface area (Å²) in [7, 11) is 5.59. The summed E-state index contributed by atoms with van der Waals surface area (Å²) in [6.45, 7) is 4.34. The molecule has 118 valence electrons. The zero-order valence-corrected chi connectivity index (χ0v) is 14.1. The molecule has 1 aliphatic rings. The molecule has 5 nitrogen and oxygen atoms in total. The van der Waals surface area contributed by atoms with Crippen molar-refractivity contribution in [3.8, 4) is 0 Å². The Bertz CT molecular complexity index is 452. The SMILES string of the molecule is CNCC1CCN(Cc2csc(CC(=O)N(C)C)n2)CC1. The van der Waals surface area contributed by atoms with Crippen LogP contribution in [0.2, 0.25) is 0 Å². The molecule has 1 aromatic rings. The highest BCUT2D eigenvalue weighted by Gasteiger charge is 2.19. The van der Waals surface area contributed by atoms with E-state index in [0.29, 0.717) is 6.42 Å². The number of nitrogens with one attached hydrogen (secondary N) is 1. The molecular weight excluding hydrogens is 284 g/mol. The van der Waals surface area contributed by atoms with Gasteiger partial charge in [-0.1, -0.05) is 0 Å². The van der Waals surface area contributed by atoms with Crippen molar-refractivity contribution in [2.75, 3.05) is 40.8 Å². The minimum Gasteiger partial charge on any atom is -0.348 e. The van der Waals surface area contributed by atoms with Crippen LogP contribution in [-0.2, 0) is 17.8 Å². The van der Waals surface area contributed by atoms with Gasteiger partial charge in [0.15, 0.2) is 0 Å². The first kappa shape index (κ1) is 16.4. The number of nitrogens with zero attached hydrogens (tertiary/aromatic N) is 3. The van der Waals surface area contributed by atoms with E-state index in [0.717, 1.165) is 42.8 Å². The number of piperidine rings is 1. The summed E-state index contributed by atoms with van der Waals surface area (Å²) in [5.74, 6) is 0.929. The molecule has 6 heteroatoms. The first-order valence-electron chi connectivity index (χ1n) is 7.59. The molecule has 1 N–H and O–H groups in total. The highest BCUT2D eigenvalue weighted by atomic mass is 32.1. The standard InChI is InChI=1S/C15H26N4OS/c1-16-9-12-4-6-19(7-5-12)10-13-11-21-14(17-13)8-15(20)18(2)3/h11-12,16H,4-10H2,1-3H3. The fourth-order valence-corrected chi connectivity index (χ4v) is 3.43. The topological polar surface area (TPSA) is 48.5 Å². The summed E-state index contributed by atoms with van der Waals surface area (Å²) >= 11 is 1.60. The van der Waals surface area contributed by atoms with Gasteiger partial charge < -0.3 is 10.2 Å². The minimum atomic E-state index is 0.115. The van der Waals surface area contributed by atoms with Crippen molar-refractivity contribution < 1.29 is 4.79 Å². The van der Waals surface area contributed by atoms with Crippen LogP contribution in [0.25, 0.3) is 0 Å². The number of likely N-dealkylation sites (N-methyl/N-ethyl adjacent to an activating group) is 1. The van der Waals surface area contributed by atoms with E-state index in [1.54, 1.807) is 30.3 Å². The smallest absolute Gasteiger partial charge is 0.228 e. The Morgan fingerprint density at radius 3 is 2.81 bits per heavy atom. The first-order chi connectivity index (χ1) is 10.1. The third-order valence-electron chi connectivity index (χ3n) is 3.99. The molecule has 2 heterocycles. The summed E-state index contributed by atoms with van der Waals surface area (Å²) in [5.41, 5.74) is 1.11. The minimum absolute atomic E-state index is 0.115. The molecular formula is C15H26N4OS. The normalized spacial score (nSPS) is 17.1. The molecule has 0 bridgehead atoms. The molecule has 1 saturated heterocycles. The lowest BCUT2D eigenvalue weighted by Crippen LogP contribution is -2.36.